The van der Waals surface area contributed by atoms with Crippen LogP contribution in [-0.4, -0.2) is 23.9 Å². The Hall–Kier alpha value is -1.92. The molecule has 0 N–H and O–H groups in total. The smallest absolute Gasteiger partial charge is 0.345 e. The second-order valence-corrected chi connectivity index (χ2v) is 5.74. The molecule has 0 amide bonds. The van der Waals surface area contributed by atoms with Crippen LogP contribution in [0.3, 0.4) is 0 Å². The average Bonchev–Trinajstić information content (AvgIpc) is 3.34. The molecule has 23 heavy (non-hydrogen) atoms. The molecular weight excluding hydrogens is 325 g/mol. The fraction of sp³-hybridized carbons (Fsp3) is 0.375. The van der Waals surface area contributed by atoms with Gasteiger partial charge in [-0.1, -0.05) is 11.6 Å². The normalized spacial score (nSPS) is 14.2. The molecular formula is C16H15ClFNO4. The number of ether oxygens (including phenoxy) is 2. The predicted octanol–water partition coefficient (Wildman–Crippen LogP) is 3.28. The van der Waals surface area contributed by atoms with Crippen LogP contribution in [0.5, 0.6) is 0 Å². The van der Waals surface area contributed by atoms with Crippen LogP contribution in [0.2, 0.25) is 5.02 Å². The third-order valence-corrected chi connectivity index (χ3v) is 4.00. The average molecular weight is 340 g/mol. The Balaban J connectivity index is 2.12. The number of esters is 1. The molecule has 0 aliphatic heterocycles. The third kappa shape index (κ3) is 3.09. The van der Waals surface area contributed by atoms with Crippen LogP contribution in [0.15, 0.2) is 23.1 Å². The summed E-state index contributed by atoms with van der Waals surface area (Å²) in [5.41, 5.74) is -0.190. The number of halogens is 2. The molecule has 0 spiro atoms. The Bertz CT molecular complexity index is 829. The summed E-state index contributed by atoms with van der Waals surface area (Å²) in [6.07, 6.45) is 3.33. The van der Waals surface area contributed by atoms with Gasteiger partial charge in [0.1, 0.15) is 11.4 Å². The lowest BCUT2D eigenvalue weighted by Crippen LogP contribution is -2.21. The maximum atomic E-state index is 13.7. The molecule has 7 heteroatoms. The SMILES string of the molecule is CCOCOC(=O)c1cn(C2CC2)c2cc(Cl)c(F)cc2c1=O. The van der Waals surface area contributed by atoms with Gasteiger partial charge in [0.2, 0.25) is 5.43 Å². The molecule has 1 heterocycles. The highest BCUT2D eigenvalue weighted by molar-refractivity contribution is 6.31. The van der Waals surface area contributed by atoms with E-state index in [4.69, 9.17) is 21.1 Å². The summed E-state index contributed by atoms with van der Waals surface area (Å²) >= 11 is 5.83. The second kappa shape index (κ2) is 6.29. The van der Waals surface area contributed by atoms with Gasteiger partial charge in [-0.3, -0.25) is 4.79 Å². The molecule has 1 fully saturated rings. The highest BCUT2D eigenvalue weighted by atomic mass is 35.5. The molecule has 3 rings (SSSR count). The number of rotatable bonds is 5. The standard InChI is InChI=1S/C16H15ClFNO4/c1-2-22-8-23-16(21)11-7-19(9-3-4-9)14-6-12(17)13(18)5-10(14)15(11)20/h5-7,9H,2-4,8H2,1H3. The van der Waals surface area contributed by atoms with Gasteiger partial charge >= 0.3 is 5.97 Å². The van der Waals surface area contributed by atoms with Gasteiger partial charge < -0.3 is 14.0 Å². The molecule has 1 saturated carbocycles. The van der Waals surface area contributed by atoms with Crippen LogP contribution >= 0.6 is 11.6 Å². The summed E-state index contributed by atoms with van der Waals surface area (Å²) in [5, 5.41) is 0.0580. The zero-order valence-electron chi connectivity index (χ0n) is 12.5. The Morgan fingerprint density at radius 1 is 1.43 bits per heavy atom. The number of hydrogen-bond acceptors (Lipinski definition) is 4. The van der Waals surface area contributed by atoms with Crippen molar-refractivity contribution >= 4 is 28.5 Å². The molecule has 0 bridgehead atoms. The van der Waals surface area contributed by atoms with E-state index in [1.165, 1.54) is 12.3 Å². The van der Waals surface area contributed by atoms with Crippen LogP contribution in [0, 0.1) is 5.82 Å². The van der Waals surface area contributed by atoms with Crippen LogP contribution in [-0.2, 0) is 9.47 Å². The van der Waals surface area contributed by atoms with E-state index in [2.05, 4.69) is 0 Å². The number of nitrogens with zero attached hydrogens (tertiary/aromatic N) is 1. The predicted molar refractivity (Wildman–Crippen MR) is 83.4 cm³/mol. The highest BCUT2D eigenvalue weighted by Gasteiger charge is 2.27. The minimum atomic E-state index is -0.782. The van der Waals surface area contributed by atoms with Crippen molar-refractivity contribution in [2.45, 2.75) is 25.8 Å². The van der Waals surface area contributed by atoms with Crippen LogP contribution in [0.25, 0.3) is 10.9 Å². The quantitative estimate of drug-likeness (QED) is 0.476. The number of aromatic nitrogens is 1. The van der Waals surface area contributed by atoms with Crippen LogP contribution in [0.4, 0.5) is 4.39 Å². The highest BCUT2D eigenvalue weighted by Crippen LogP contribution is 2.37. The van der Waals surface area contributed by atoms with Gasteiger partial charge in [0.25, 0.3) is 0 Å². The van der Waals surface area contributed by atoms with Crippen molar-refractivity contribution < 1.29 is 18.7 Å². The molecule has 0 unspecified atom stereocenters. The molecule has 1 aromatic heterocycles. The molecule has 0 atom stereocenters. The van der Waals surface area contributed by atoms with E-state index in [9.17, 15) is 14.0 Å². The van der Waals surface area contributed by atoms with Gasteiger partial charge in [-0.15, -0.1) is 0 Å². The monoisotopic (exact) mass is 339 g/mol. The fourth-order valence-electron chi connectivity index (χ4n) is 2.40. The Morgan fingerprint density at radius 2 is 2.17 bits per heavy atom. The van der Waals surface area contributed by atoms with E-state index < -0.39 is 17.2 Å². The van der Waals surface area contributed by atoms with Gasteiger partial charge in [0.15, 0.2) is 6.79 Å². The largest absolute Gasteiger partial charge is 0.435 e. The van der Waals surface area contributed by atoms with Crippen molar-refractivity contribution in [1.29, 1.82) is 0 Å². The van der Waals surface area contributed by atoms with Crippen molar-refractivity contribution in [1.82, 2.24) is 4.57 Å². The molecule has 1 aliphatic rings. The number of carbonyl (C=O) groups is 1. The molecule has 1 aromatic carbocycles. The minimum absolute atomic E-state index is 0.0574. The first-order valence-electron chi connectivity index (χ1n) is 7.31. The van der Waals surface area contributed by atoms with Crippen LogP contribution in [0.1, 0.15) is 36.2 Å². The number of carbonyl (C=O) groups excluding carboxylic acids is 1. The second-order valence-electron chi connectivity index (χ2n) is 5.34. The van der Waals surface area contributed by atoms with Crippen molar-refractivity contribution in [3.8, 4) is 0 Å². The summed E-state index contributed by atoms with van der Waals surface area (Å²) in [6, 6.07) is 2.66. The summed E-state index contributed by atoms with van der Waals surface area (Å²) in [6.45, 7) is 1.92. The third-order valence-electron chi connectivity index (χ3n) is 3.71. The van der Waals surface area contributed by atoms with Gasteiger partial charge in [0, 0.05) is 24.2 Å². The number of fused-ring (bicyclic) bond motifs is 1. The lowest BCUT2D eigenvalue weighted by atomic mass is 10.1. The van der Waals surface area contributed by atoms with Gasteiger partial charge in [0.05, 0.1) is 10.5 Å². The molecule has 2 aromatic rings. The first-order valence-corrected chi connectivity index (χ1v) is 7.69. The summed E-state index contributed by atoms with van der Waals surface area (Å²) in [4.78, 5) is 24.6. The van der Waals surface area contributed by atoms with E-state index in [1.54, 1.807) is 11.5 Å². The lowest BCUT2D eigenvalue weighted by Gasteiger charge is -2.13. The lowest BCUT2D eigenvalue weighted by molar-refractivity contribution is -0.0275. The number of pyridine rings is 1. The van der Waals surface area contributed by atoms with Crippen LogP contribution < -0.4 is 5.43 Å². The topological polar surface area (TPSA) is 57.5 Å². The van der Waals surface area contributed by atoms with Crippen molar-refractivity contribution in [2.24, 2.45) is 0 Å². The summed E-state index contributed by atoms with van der Waals surface area (Å²) < 4.78 is 25.4. The zero-order valence-corrected chi connectivity index (χ0v) is 13.2. The van der Waals surface area contributed by atoms with E-state index in [0.29, 0.717) is 12.1 Å². The summed E-state index contributed by atoms with van der Waals surface area (Å²) in [5.74, 6) is -1.48. The maximum absolute atomic E-state index is 13.7. The molecule has 1 aliphatic carbocycles. The molecule has 122 valence electrons. The van der Waals surface area contributed by atoms with E-state index in [-0.39, 0.29) is 28.8 Å². The van der Waals surface area contributed by atoms with E-state index in [1.807, 2.05) is 0 Å². The Kier molecular flexibility index (Phi) is 4.37. The van der Waals surface area contributed by atoms with Gasteiger partial charge in [-0.2, -0.15) is 0 Å². The van der Waals surface area contributed by atoms with Crippen molar-refractivity contribution in [3.05, 3.63) is 45.0 Å². The van der Waals surface area contributed by atoms with E-state index in [0.717, 1.165) is 18.9 Å². The maximum Gasteiger partial charge on any atom is 0.345 e. The summed E-state index contributed by atoms with van der Waals surface area (Å²) in [7, 11) is 0. The van der Waals surface area contributed by atoms with Crippen molar-refractivity contribution in [2.75, 3.05) is 13.4 Å². The number of benzene rings is 1. The first kappa shape index (κ1) is 16.0. The molecule has 5 nitrogen and oxygen atoms in total. The molecule has 0 saturated heterocycles. The first-order chi connectivity index (χ1) is 11.0. The fourth-order valence-corrected chi connectivity index (χ4v) is 2.56. The number of hydrogen-bond donors (Lipinski definition) is 0. The minimum Gasteiger partial charge on any atom is -0.435 e. The van der Waals surface area contributed by atoms with Gasteiger partial charge in [-0.05, 0) is 31.9 Å². The molecule has 0 radical (unpaired) electrons. The van der Waals surface area contributed by atoms with Crippen molar-refractivity contribution in [3.63, 3.8) is 0 Å². The van der Waals surface area contributed by atoms with Gasteiger partial charge in [-0.25, -0.2) is 9.18 Å². The van der Waals surface area contributed by atoms with E-state index >= 15 is 0 Å². The Morgan fingerprint density at radius 3 is 2.83 bits per heavy atom. The zero-order chi connectivity index (χ0) is 16.6. The Labute approximate surface area is 136 Å².